The molecule has 0 saturated heterocycles. The Hall–Kier alpha value is 3.12. The van der Waals surface area contributed by atoms with Crippen molar-refractivity contribution in [2.45, 2.75) is 0 Å². The molecule has 0 heterocycles. The number of phosphoric acid groups is 2. The van der Waals surface area contributed by atoms with Gasteiger partial charge in [-0.3, -0.25) is 0 Å². The van der Waals surface area contributed by atoms with Gasteiger partial charge in [0.05, 0.1) is 0 Å². The second-order valence-electron chi connectivity index (χ2n) is 1.06. The van der Waals surface area contributed by atoms with Crippen LogP contribution in [0.3, 0.4) is 0 Å². The van der Waals surface area contributed by atoms with Gasteiger partial charge in [-0.1, -0.05) is 0 Å². The predicted octanol–water partition coefficient (Wildman–Crippen LogP) is -5.28. The summed E-state index contributed by atoms with van der Waals surface area (Å²) in [7, 11) is -10.1. The van der Waals surface area contributed by atoms with Crippen molar-refractivity contribution < 1.29 is 33.0 Å². The van der Waals surface area contributed by atoms with E-state index in [2.05, 4.69) is 4.31 Å². The Morgan fingerprint density at radius 2 is 0.923 bits per heavy atom. The zero-order valence-electron chi connectivity index (χ0n) is 3.91. The molecule has 4 N–H and O–H groups in total. The van der Waals surface area contributed by atoms with Gasteiger partial charge in [0.2, 0.25) is 0 Å². The SMILES string of the molecule is O=P(O)(O)OP(=O)(O)O.[AlH3].[AlH3].[AlH3].[CaH2]. The van der Waals surface area contributed by atoms with Crippen LogP contribution < -0.4 is 0 Å². The molecule has 78 valence electrons. The van der Waals surface area contributed by atoms with Crippen molar-refractivity contribution in [2.24, 2.45) is 0 Å². The molecule has 0 radical (unpaired) electrons. The molecule has 0 amide bonds. The van der Waals surface area contributed by atoms with Gasteiger partial charge in [-0.25, -0.2) is 9.13 Å². The maximum atomic E-state index is 9.63. The first-order valence-corrected chi connectivity index (χ1v) is 4.59. The predicted molar refractivity (Wildman–Crippen MR) is 63.5 cm³/mol. The third-order valence-corrected chi connectivity index (χ3v) is 1.91. The van der Waals surface area contributed by atoms with Crippen molar-refractivity contribution in [2.75, 3.05) is 0 Å². The monoisotopic (exact) mass is 310 g/mol. The van der Waals surface area contributed by atoms with E-state index in [1.54, 1.807) is 0 Å². The molecular formula is H15Al3CaO7P2. The minimum absolute atomic E-state index is 0. The Bertz CT molecular complexity index is 162. The Morgan fingerprint density at radius 3 is 0.923 bits per heavy atom. The van der Waals surface area contributed by atoms with Crippen LogP contribution in [0.25, 0.3) is 0 Å². The van der Waals surface area contributed by atoms with Crippen LogP contribution in [-0.4, -0.2) is 109 Å². The van der Waals surface area contributed by atoms with E-state index in [1.807, 2.05) is 0 Å². The van der Waals surface area contributed by atoms with Crippen LogP contribution in [0, 0.1) is 0 Å². The summed E-state index contributed by atoms with van der Waals surface area (Å²) in [6, 6.07) is 0. The molecule has 0 aliphatic carbocycles. The van der Waals surface area contributed by atoms with E-state index in [0.717, 1.165) is 0 Å². The van der Waals surface area contributed by atoms with Crippen LogP contribution in [-0.2, 0) is 13.4 Å². The van der Waals surface area contributed by atoms with E-state index in [9.17, 15) is 9.13 Å². The molecule has 0 unspecified atom stereocenters. The third-order valence-electron chi connectivity index (χ3n) is 0.213. The summed E-state index contributed by atoms with van der Waals surface area (Å²) >= 11 is 0. The molecule has 0 aromatic rings. The standard InChI is InChI=1S/3Al.Ca.H4O7P2.11H/c;;;;1-8(2,3)7-9(4,5)6;;;;;;;;;;;/h;;;;(H2,1,2,3)(H2,4,5,6);;;;;;;;;;;. The first-order chi connectivity index (χ1) is 3.71. The summed E-state index contributed by atoms with van der Waals surface area (Å²) in [6.07, 6.45) is 0. The van der Waals surface area contributed by atoms with Crippen LogP contribution in [0.4, 0.5) is 0 Å². The van der Waals surface area contributed by atoms with Crippen LogP contribution in [0.15, 0.2) is 0 Å². The molecule has 0 aliphatic heterocycles. The number of rotatable bonds is 2. The van der Waals surface area contributed by atoms with E-state index in [0.29, 0.717) is 0 Å². The fourth-order valence-electron chi connectivity index (χ4n) is 0.139. The van der Waals surface area contributed by atoms with E-state index < -0.39 is 15.6 Å². The number of hydrogen-bond donors (Lipinski definition) is 4. The summed E-state index contributed by atoms with van der Waals surface area (Å²) in [6.45, 7) is 0. The second-order valence-corrected chi connectivity index (χ2v) is 3.68. The molecule has 0 fully saturated rings. The molecule has 0 saturated carbocycles. The van der Waals surface area contributed by atoms with Crippen LogP contribution >= 0.6 is 15.6 Å². The average molecular weight is 310 g/mol. The van der Waals surface area contributed by atoms with E-state index in [-0.39, 0.29) is 89.8 Å². The molecule has 0 aromatic carbocycles. The Balaban J connectivity index is -0.0000000533. The minimum atomic E-state index is -5.05. The maximum absolute atomic E-state index is 9.63. The second kappa shape index (κ2) is 11.6. The third kappa shape index (κ3) is 31.3. The van der Waals surface area contributed by atoms with E-state index >= 15 is 0 Å². The van der Waals surface area contributed by atoms with Gasteiger partial charge in [-0.2, -0.15) is 4.31 Å². The Labute approximate surface area is 137 Å². The molecule has 0 atom stereocenters. The molecule has 0 rings (SSSR count). The topological polar surface area (TPSA) is 124 Å². The van der Waals surface area contributed by atoms with E-state index in [1.165, 1.54) is 0 Å². The molecule has 13 heteroatoms. The van der Waals surface area contributed by atoms with Gasteiger partial charge in [-0.05, 0) is 0 Å². The van der Waals surface area contributed by atoms with Crippen LogP contribution in [0.1, 0.15) is 0 Å². The van der Waals surface area contributed by atoms with Crippen molar-refractivity contribution >= 4 is 105 Å². The van der Waals surface area contributed by atoms with Gasteiger partial charge in [-0.15, -0.1) is 0 Å². The Morgan fingerprint density at radius 1 is 0.769 bits per heavy atom. The summed E-state index contributed by atoms with van der Waals surface area (Å²) in [4.78, 5) is 31.0. The summed E-state index contributed by atoms with van der Waals surface area (Å²) in [5.41, 5.74) is 0. The molecule has 0 bridgehead atoms. The number of hydrogen-bond acceptors (Lipinski definition) is 3. The normalized spacial score (nSPS) is 9.54. The molecule has 13 heavy (non-hydrogen) atoms. The quantitative estimate of drug-likeness (QED) is 0.297. The van der Waals surface area contributed by atoms with Crippen molar-refractivity contribution in [1.82, 2.24) is 0 Å². The molecule has 7 nitrogen and oxygen atoms in total. The van der Waals surface area contributed by atoms with E-state index in [4.69, 9.17) is 19.6 Å². The zero-order chi connectivity index (χ0) is 7.71. The van der Waals surface area contributed by atoms with Crippen LogP contribution in [0.2, 0.25) is 0 Å². The first-order valence-electron chi connectivity index (χ1n) is 1.53. The van der Waals surface area contributed by atoms with Crippen molar-refractivity contribution in [3.05, 3.63) is 0 Å². The first kappa shape index (κ1) is 29.8. The van der Waals surface area contributed by atoms with Gasteiger partial charge >= 0.3 is 53.4 Å². The van der Waals surface area contributed by atoms with Crippen LogP contribution in [0.5, 0.6) is 0 Å². The van der Waals surface area contributed by atoms with Crippen molar-refractivity contribution in [1.29, 1.82) is 0 Å². The van der Waals surface area contributed by atoms with Gasteiger partial charge in [0, 0.05) is 0 Å². The van der Waals surface area contributed by atoms with Crippen molar-refractivity contribution in [3.63, 3.8) is 0 Å². The molecule has 0 aromatic heterocycles. The van der Waals surface area contributed by atoms with Gasteiger partial charge in [0.1, 0.15) is 0 Å². The Kier molecular flexibility index (Phi) is 26.6. The summed E-state index contributed by atoms with van der Waals surface area (Å²) in [5, 5.41) is 0. The molecule has 0 spiro atoms. The fraction of sp³-hybridized carbons (Fsp3) is 0. The van der Waals surface area contributed by atoms with Gasteiger partial charge in [0.25, 0.3) is 0 Å². The molecular weight excluding hydrogens is 295 g/mol. The summed E-state index contributed by atoms with van der Waals surface area (Å²) < 4.78 is 22.2. The zero-order valence-corrected chi connectivity index (χ0v) is 5.70. The molecule has 0 aliphatic rings. The van der Waals surface area contributed by atoms with Gasteiger partial charge < -0.3 is 19.6 Å². The van der Waals surface area contributed by atoms with Gasteiger partial charge in [0.15, 0.2) is 52.1 Å². The fourth-order valence-corrected chi connectivity index (χ4v) is 1.25. The average Bonchev–Trinajstić information content (AvgIpc) is 1.14. The summed E-state index contributed by atoms with van der Waals surface area (Å²) in [5.74, 6) is 0. The van der Waals surface area contributed by atoms with Crippen molar-refractivity contribution in [3.8, 4) is 0 Å².